The van der Waals surface area contributed by atoms with E-state index in [0.29, 0.717) is 32.7 Å². The van der Waals surface area contributed by atoms with Gasteiger partial charge in [-0.05, 0) is 48.5 Å². The summed E-state index contributed by atoms with van der Waals surface area (Å²) in [5.41, 5.74) is 4.34. The van der Waals surface area contributed by atoms with E-state index in [1.807, 2.05) is 18.2 Å². The maximum atomic E-state index is 12.1. The summed E-state index contributed by atoms with van der Waals surface area (Å²) in [5, 5.41) is 7.77. The van der Waals surface area contributed by atoms with E-state index in [-0.39, 0.29) is 31.4 Å². The highest BCUT2D eigenvalue weighted by Crippen LogP contribution is 2.24. The minimum Gasteiger partial charge on any atom is -0.497 e. The Morgan fingerprint density at radius 1 is 1.03 bits per heavy atom. The lowest BCUT2D eigenvalue weighted by Crippen LogP contribution is -2.29. The first-order chi connectivity index (χ1) is 16.5. The average Bonchev–Trinajstić information content (AvgIpc) is 2.84. The minimum absolute atomic E-state index is 0.0602. The predicted molar refractivity (Wildman–Crippen MR) is 133 cm³/mol. The largest absolute Gasteiger partial charge is 0.497 e. The van der Waals surface area contributed by atoms with E-state index in [4.69, 9.17) is 32.7 Å². The zero-order valence-corrected chi connectivity index (χ0v) is 19.9. The Labute approximate surface area is 207 Å². The summed E-state index contributed by atoms with van der Waals surface area (Å²) >= 11 is 12.3. The van der Waals surface area contributed by atoms with Gasteiger partial charge in [-0.1, -0.05) is 41.4 Å². The number of methoxy groups -OCH3 is 1. The van der Waals surface area contributed by atoms with Gasteiger partial charge in [0, 0.05) is 39.7 Å². The van der Waals surface area contributed by atoms with E-state index >= 15 is 0 Å². The van der Waals surface area contributed by atoms with Gasteiger partial charge in [-0.3, -0.25) is 9.59 Å². The Hall–Kier alpha value is -3.55. The van der Waals surface area contributed by atoms with Gasteiger partial charge in [-0.2, -0.15) is 5.10 Å². The summed E-state index contributed by atoms with van der Waals surface area (Å²) in [6, 6.07) is 19.2. The lowest BCUT2D eigenvalue weighted by molar-refractivity contribution is -0.120. The van der Waals surface area contributed by atoms with Gasteiger partial charge < -0.3 is 14.8 Å². The second-order valence-corrected chi connectivity index (χ2v) is 7.93. The van der Waals surface area contributed by atoms with Gasteiger partial charge in [-0.25, -0.2) is 5.43 Å². The number of nitrogens with one attached hydrogen (secondary N) is 2. The molecule has 0 unspecified atom stereocenters. The van der Waals surface area contributed by atoms with Crippen LogP contribution in [0.1, 0.15) is 27.9 Å². The Morgan fingerprint density at radius 3 is 2.53 bits per heavy atom. The summed E-state index contributed by atoms with van der Waals surface area (Å²) in [4.78, 5) is 24.2. The summed E-state index contributed by atoms with van der Waals surface area (Å²) in [6.45, 7) is 0.429. The molecule has 0 saturated heterocycles. The second kappa shape index (κ2) is 12.6. The van der Waals surface area contributed by atoms with Crippen LogP contribution in [0.4, 0.5) is 0 Å². The standard InChI is InChI=1S/C25H23Cl2N3O4/c1-33-21-9-6-17(7-10-21)25(32)28-13-12-24(31)30-29-15-19-14-20(26)8-11-23(19)34-16-18-4-2-3-5-22(18)27/h2-11,14-15H,12-13,16H2,1H3,(H,28,32)(H,30,31). The van der Waals surface area contributed by atoms with Crippen molar-refractivity contribution in [3.05, 3.63) is 93.5 Å². The normalized spacial score (nSPS) is 10.7. The van der Waals surface area contributed by atoms with Crippen LogP contribution in [0.15, 0.2) is 71.8 Å². The lowest BCUT2D eigenvalue weighted by Gasteiger charge is -2.10. The number of benzene rings is 3. The van der Waals surface area contributed by atoms with E-state index in [0.717, 1.165) is 5.56 Å². The van der Waals surface area contributed by atoms with Crippen LogP contribution in [0.2, 0.25) is 10.0 Å². The molecule has 0 radical (unpaired) electrons. The highest BCUT2D eigenvalue weighted by molar-refractivity contribution is 6.31. The Kier molecular flexibility index (Phi) is 9.31. The molecule has 2 amide bonds. The molecule has 0 spiro atoms. The summed E-state index contributed by atoms with van der Waals surface area (Å²) in [7, 11) is 1.55. The molecule has 0 bridgehead atoms. The van der Waals surface area contributed by atoms with Crippen molar-refractivity contribution in [2.75, 3.05) is 13.7 Å². The zero-order valence-electron chi connectivity index (χ0n) is 18.4. The van der Waals surface area contributed by atoms with Crippen molar-refractivity contribution in [3.63, 3.8) is 0 Å². The molecule has 7 nitrogen and oxygen atoms in total. The van der Waals surface area contributed by atoms with Gasteiger partial charge in [0.1, 0.15) is 18.1 Å². The van der Waals surface area contributed by atoms with E-state index in [2.05, 4.69) is 15.8 Å². The smallest absolute Gasteiger partial charge is 0.251 e. The van der Waals surface area contributed by atoms with E-state index in [1.165, 1.54) is 6.21 Å². The first-order valence-electron chi connectivity index (χ1n) is 10.4. The van der Waals surface area contributed by atoms with Crippen LogP contribution in [0, 0.1) is 0 Å². The fraction of sp³-hybridized carbons (Fsp3) is 0.160. The Balaban J connectivity index is 1.49. The number of ether oxygens (including phenoxy) is 2. The third-order valence-electron chi connectivity index (χ3n) is 4.70. The number of hydrazone groups is 1. The first kappa shape index (κ1) is 25.1. The van der Waals surface area contributed by atoms with Crippen LogP contribution in [-0.2, 0) is 11.4 Å². The molecule has 0 atom stereocenters. The molecule has 0 aliphatic heterocycles. The Bertz CT molecular complexity index is 1170. The fourth-order valence-electron chi connectivity index (χ4n) is 2.89. The maximum Gasteiger partial charge on any atom is 0.251 e. The number of nitrogens with zero attached hydrogens (tertiary/aromatic N) is 1. The monoisotopic (exact) mass is 499 g/mol. The molecular formula is C25H23Cl2N3O4. The molecule has 0 aliphatic rings. The third-order valence-corrected chi connectivity index (χ3v) is 5.30. The minimum atomic E-state index is -0.355. The zero-order chi connectivity index (χ0) is 24.3. The first-order valence-corrected chi connectivity index (χ1v) is 11.1. The van der Waals surface area contributed by atoms with E-state index in [1.54, 1.807) is 55.6 Å². The van der Waals surface area contributed by atoms with E-state index in [9.17, 15) is 9.59 Å². The second-order valence-electron chi connectivity index (χ2n) is 7.09. The summed E-state index contributed by atoms with van der Waals surface area (Å²) in [5.74, 6) is 0.560. The van der Waals surface area contributed by atoms with Crippen molar-refractivity contribution < 1.29 is 19.1 Å². The quantitative estimate of drug-likeness (QED) is 0.308. The SMILES string of the molecule is COc1ccc(C(=O)NCCC(=O)NN=Cc2cc(Cl)ccc2OCc2ccccc2Cl)cc1. The van der Waals surface area contributed by atoms with Gasteiger partial charge in [0.2, 0.25) is 5.91 Å². The van der Waals surface area contributed by atoms with Gasteiger partial charge in [0.25, 0.3) is 5.91 Å². The number of rotatable bonds is 10. The number of amides is 2. The van der Waals surface area contributed by atoms with Crippen molar-refractivity contribution in [3.8, 4) is 11.5 Å². The van der Waals surface area contributed by atoms with Crippen molar-refractivity contribution in [1.29, 1.82) is 0 Å². The molecule has 3 aromatic carbocycles. The average molecular weight is 500 g/mol. The van der Waals surface area contributed by atoms with Gasteiger partial charge in [0.05, 0.1) is 13.3 Å². The Morgan fingerprint density at radius 2 is 1.79 bits per heavy atom. The molecule has 3 aromatic rings. The maximum absolute atomic E-state index is 12.1. The molecule has 0 saturated carbocycles. The molecular weight excluding hydrogens is 477 g/mol. The van der Waals surface area contributed by atoms with Crippen molar-refractivity contribution >= 4 is 41.2 Å². The number of hydrogen-bond donors (Lipinski definition) is 2. The van der Waals surface area contributed by atoms with Crippen molar-refractivity contribution in [2.45, 2.75) is 13.0 Å². The van der Waals surface area contributed by atoms with Crippen molar-refractivity contribution in [2.24, 2.45) is 5.10 Å². The van der Waals surface area contributed by atoms with E-state index < -0.39 is 0 Å². The number of hydrogen-bond acceptors (Lipinski definition) is 5. The van der Waals surface area contributed by atoms with Crippen LogP contribution >= 0.6 is 23.2 Å². The van der Waals surface area contributed by atoms with Crippen LogP contribution < -0.4 is 20.2 Å². The molecule has 34 heavy (non-hydrogen) atoms. The van der Waals surface area contributed by atoms with Crippen LogP contribution in [-0.4, -0.2) is 31.7 Å². The van der Waals surface area contributed by atoms with Crippen molar-refractivity contribution in [1.82, 2.24) is 10.7 Å². The van der Waals surface area contributed by atoms with Gasteiger partial charge >= 0.3 is 0 Å². The molecule has 0 aromatic heterocycles. The molecule has 9 heteroatoms. The van der Waals surface area contributed by atoms with Crippen LogP contribution in [0.3, 0.4) is 0 Å². The molecule has 176 valence electrons. The lowest BCUT2D eigenvalue weighted by atomic mass is 10.2. The molecule has 2 N–H and O–H groups in total. The summed E-state index contributed by atoms with van der Waals surface area (Å²) in [6.07, 6.45) is 1.51. The fourth-order valence-corrected chi connectivity index (χ4v) is 3.26. The molecule has 0 fully saturated rings. The van der Waals surface area contributed by atoms with Gasteiger partial charge in [-0.15, -0.1) is 0 Å². The van der Waals surface area contributed by atoms with Crippen LogP contribution in [0.5, 0.6) is 11.5 Å². The van der Waals surface area contributed by atoms with Crippen LogP contribution in [0.25, 0.3) is 0 Å². The summed E-state index contributed by atoms with van der Waals surface area (Å²) < 4.78 is 10.9. The number of halogens is 2. The molecule has 3 rings (SSSR count). The highest BCUT2D eigenvalue weighted by Gasteiger charge is 2.08. The third kappa shape index (κ3) is 7.50. The number of carbonyl (C=O) groups excluding carboxylic acids is 2. The molecule has 0 aliphatic carbocycles. The highest BCUT2D eigenvalue weighted by atomic mass is 35.5. The number of carbonyl (C=O) groups is 2. The topological polar surface area (TPSA) is 89.0 Å². The van der Waals surface area contributed by atoms with Gasteiger partial charge in [0.15, 0.2) is 0 Å². The predicted octanol–water partition coefficient (Wildman–Crippen LogP) is 4.85. The molecule has 0 heterocycles.